The minimum atomic E-state index is 0.782. The van der Waals surface area contributed by atoms with Crippen LogP contribution in [-0.2, 0) is 4.74 Å². The minimum absolute atomic E-state index is 0.782. The third kappa shape index (κ3) is 4.13. The van der Waals surface area contributed by atoms with Gasteiger partial charge < -0.3 is 10.1 Å². The fourth-order valence-electron chi connectivity index (χ4n) is 2.20. The molecule has 0 radical (unpaired) electrons. The Labute approximate surface area is 98.5 Å². The summed E-state index contributed by atoms with van der Waals surface area (Å²) in [5.74, 6) is 7.43. The molecule has 0 aliphatic carbocycles. The molecule has 2 saturated heterocycles. The lowest BCUT2D eigenvalue weighted by Gasteiger charge is -2.24. The standard InChI is InChI=1S/C13H22N2O/c1(3-13-4-11-16-12-5-13)2-8-15-9-6-14-7-10-15/h13-14H,3-12H2. The third-order valence-corrected chi connectivity index (χ3v) is 3.37. The molecule has 0 unspecified atom stereocenters. The van der Waals surface area contributed by atoms with Crippen LogP contribution in [0.5, 0.6) is 0 Å². The summed E-state index contributed by atoms with van der Waals surface area (Å²) in [6.07, 6.45) is 3.46. The lowest BCUT2D eigenvalue weighted by molar-refractivity contribution is 0.0678. The van der Waals surface area contributed by atoms with E-state index in [0.717, 1.165) is 58.3 Å². The SMILES string of the molecule is C(#CCN1CCNCC1)CC1CCOCC1. The molecule has 0 spiro atoms. The highest BCUT2D eigenvalue weighted by molar-refractivity contribution is 5.02. The van der Waals surface area contributed by atoms with Crippen LogP contribution in [0.15, 0.2) is 0 Å². The van der Waals surface area contributed by atoms with E-state index in [-0.39, 0.29) is 0 Å². The van der Waals surface area contributed by atoms with Crippen molar-refractivity contribution in [3.63, 3.8) is 0 Å². The van der Waals surface area contributed by atoms with Crippen molar-refractivity contribution in [2.45, 2.75) is 19.3 Å². The monoisotopic (exact) mass is 222 g/mol. The Kier molecular flexibility index (Phi) is 5.14. The highest BCUT2D eigenvalue weighted by Gasteiger charge is 2.12. The highest BCUT2D eigenvalue weighted by Crippen LogP contribution is 2.17. The van der Waals surface area contributed by atoms with Gasteiger partial charge in [0, 0.05) is 45.8 Å². The molecule has 2 heterocycles. The Hall–Kier alpha value is -0.560. The number of nitrogens with one attached hydrogen (secondary N) is 1. The van der Waals surface area contributed by atoms with Crippen molar-refractivity contribution in [3.05, 3.63) is 0 Å². The molecule has 0 amide bonds. The van der Waals surface area contributed by atoms with Crippen molar-refractivity contribution in [1.82, 2.24) is 10.2 Å². The molecule has 16 heavy (non-hydrogen) atoms. The van der Waals surface area contributed by atoms with Crippen LogP contribution in [0.1, 0.15) is 19.3 Å². The van der Waals surface area contributed by atoms with E-state index < -0.39 is 0 Å². The summed E-state index contributed by atoms with van der Waals surface area (Å²) in [6.45, 7) is 7.33. The molecule has 2 rings (SSSR count). The quantitative estimate of drug-likeness (QED) is 0.697. The van der Waals surface area contributed by atoms with Gasteiger partial charge in [-0.15, -0.1) is 5.92 Å². The van der Waals surface area contributed by atoms with E-state index in [2.05, 4.69) is 22.1 Å². The lowest BCUT2D eigenvalue weighted by Crippen LogP contribution is -2.43. The van der Waals surface area contributed by atoms with Crippen LogP contribution in [0, 0.1) is 17.8 Å². The maximum absolute atomic E-state index is 5.34. The molecule has 90 valence electrons. The van der Waals surface area contributed by atoms with E-state index in [0.29, 0.717) is 0 Å². The van der Waals surface area contributed by atoms with Gasteiger partial charge in [-0.05, 0) is 18.8 Å². The van der Waals surface area contributed by atoms with Crippen molar-refractivity contribution < 1.29 is 4.74 Å². The summed E-state index contributed by atoms with van der Waals surface area (Å²) in [5, 5.41) is 3.35. The van der Waals surface area contributed by atoms with Crippen LogP contribution in [0.4, 0.5) is 0 Å². The van der Waals surface area contributed by atoms with E-state index in [1.54, 1.807) is 0 Å². The third-order valence-electron chi connectivity index (χ3n) is 3.37. The zero-order chi connectivity index (χ0) is 11.1. The van der Waals surface area contributed by atoms with Crippen molar-refractivity contribution >= 4 is 0 Å². The zero-order valence-corrected chi connectivity index (χ0v) is 10.0. The van der Waals surface area contributed by atoms with Gasteiger partial charge in [0.1, 0.15) is 0 Å². The molecule has 2 aliphatic heterocycles. The van der Waals surface area contributed by atoms with Crippen LogP contribution in [0.3, 0.4) is 0 Å². The molecule has 0 atom stereocenters. The molecule has 0 aromatic carbocycles. The van der Waals surface area contributed by atoms with Gasteiger partial charge in [0.25, 0.3) is 0 Å². The minimum Gasteiger partial charge on any atom is -0.381 e. The van der Waals surface area contributed by atoms with Gasteiger partial charge in [0.15, 0.2) is 0 Å². The molecule has 1 N–H and O–H groups in total. The van der Waals surface area contributed by atoms with Gasteiger partial charge in [-0.25, -0.2) is 0 Å². The van der Waals surface area contributed by atoms with E-state index in [1.165, 1.54) is 12.8 Å². The maximum Gasteiger partial charge on any atom is 0.0602 e. The summed E-state index contributed by atoms with van der Waals surface area (Å²) in [4.78, 5) is 2.42. The fourth-order valence-corrected chi connectivity index (χ4v) is 2.20. The predicted molar refractivity (Wildman–Crippen MR) is 65.2 cm³/mol. The van der Waals surface area contributed by atoms with Crippen molar-refractivity contribution in [2.24, 2.45) is 5.92 Å². The van der Waals surface area contributed by atoms with E-state index in [9.17, 15) is 0 Å². The largest absolute Gasteiger partial charge is 0.381 e. The van der Waals surface area contributed by atoms with Crippen molar-refractivity contribution in [1.29, 1.82) is 0 Å². The molecule has 3 heteroatoms. The normalized spacial score (nSPS) is 23.8. The molecular weight excluding hydrogens is 200 g/mol. The first kappa shape index (κ1) is 11.9. The van der Waals surface area contributed by atoms with Gasteiger partial charge >= 0.3 is 0 Å². The second-order valence-corrected chi connectivity index (χ2v) is 4.64. The Morgan fingerprint density at radius 1 is 1.12 bits per heavy atom. The van der Waals surface area contributed by atoms with Gasteiger partial charge in [0.2, 0.25) is 0 Å². The maximum atomic E-state index is 5.34. The number of piperazine rings is 1. The molecular formula is C13H22N2O. The van der Waals surface area contributed by atoms with Crippen molar-refractivity contribution in [3.8, 4) is 11.8 Å². The lowest BCUT2D eigenvalue weighted by atomic mass is 9.97. The van der Waals surface area contributed by atoms with Gasteiger partial charge in [-0.1, -0.05) is 5.92 Å². The van der Waals surface area contributed by atoms with Gasteiger partial charge in [-0.3, -0.25) is 4.90 Å². The predicted octanol–water partition coefficient (Wildman–Crippen LogP) is 0.712. The smallest absolute Gasteiger partial charge is 0.0602 e. The number of hydrogen-bond donors (Lipinski definition) is 1. The molecule has 2 fully saturated rings. The van der Waals surface area contributed by atoms with Crippen LogP contribution in [0.25, 0.3) is 0 Å². The first-order chi connectivity index (χ1) is 7.95. The van der Waals surface area contributed by atoms with E-state index >= 15 is 0 Å². The summed E-state index contributed by atoms with van der Waals surface area (Å²) in [7, 11) is 0. The summed E-state index contributed by atoms with van der Waals surface area (Å²) in [6, 6.07) is 0. The van der Waals surface area contributed by atoms with Crippen LogP contribution < -0.4 is 5.32 Å². The molecule has 0 bridgehead atoms. The topological polar surface area (TPSA) is 24.5 Å². The highest BCUT2D eigenvalue weighted by atomic mass is 16.5. The fraction of sp³-hybridized carbons (Fsp3) is 0.846. The van der Waals surface area contributed by atoms with Gasteiger partial charge in [0.05, 0.1) is 6.54 Å². The van der Waals surface area contributed by atoms with Gasteiger partial charge in [-0.2, -0.15) is 0 Å². The van der Waals surface area contributed by atoms with E-state index in [4.69, 9.17) is 4.74 Å². The summed E-state index contributed by atoms with van der Waals surface area (Å²) in [5.41, 5.74) is 0. The molecule has 2 aliphatic rings. The Morgan fingerprint density at radius 2 is 1.88 bits per heavy atom. The Bertz CT molecular complexity index is 220. The second-order valence-electron chi connectivity index (χ2n) is 4.64. The molecule has 0 aromatic heterocycles. The number of ether oxygens (including phenoxy) is 1. The zero-order valence-electron chi connectivity index (χ0n) is 10.0. The van der Waals surface area contributed by atoms with Crippen LogP contribution in [-0.4, -0.2) is 50.8 Å². The summed E-state index contributed by atoms with van der Waals surface area (Å²) < 4.78 is 5.34. The van der Waals surface area contributed by atoms with Crippen molar-refractivity contribution in [2.75, 3.05) is 45.9 Å². The summed E-state index contributed by atoms with van der Waals surface area (Å²) >= 11 is 0. The molecule has 0 saturated carbocycles. The van der Waals surface area contributed by atoms with Crippen LogP contribution in [0.2, 0.25) is 0 Å². The average molecular weight is 222 g/mol. The number of rotatable bonds is 2. The first-order valence-electron chi connectivity index (χ1n) is 6.41. The second kappa shape index (κ2) is 6.90. The van der Waals surface area contributed by atoms with Crippen LogP contribution >= 0.6 is 0 Å². The number of nitrogens with zero attached hydrogens (tertiary/aromatic N) is 1. The Balaban J connectivity index is 1.61. The number of hydrogen-bond acceptors (Lipinski definition) is 3. The average Bonchev–Trinajstić information content (AvgIpc) is 2.37. The molecule has 3 nitrogen and oxygen atoms in total. The molecule has 0 aromatic rings. The Morgan fingerprint density at radius 3 is 2.62 bits per heavy atom. The first-order valence-corrected chi connectivity index (χ1v) is 6.41. The van der Waals surface area contributed by atoms with E-state index in [1.807, 2.05) is 0 Å².